The highest BCUT2D eigenvalue weighted by Gasteiger charge is 2.46. The zero-order chi connectivity index (χ0) is 29.8. The van der Waals surface area contributed by atoms with Crippen molar-refractivity contribution in [3.8, 4) is 22.4 Å². The number of Topliss-reactive ketones (excluding diaryl/α,β-unsaturated/α-hetero) is 1. The molecule has 1 amide bonds. The normalized spacial score (nSPS) is 19.6. The quantitative estimate of drug-likeness (QED) is 0.286. The molecule has 7 rings (SSSR count). The fourth-order valence-corrected chi connectivity index (χ4v) is 6.62. The smallest absolute Gasteiger partial charge is 0.294 e. The lowest BCUT2D eigenvalue weighted by Gasteiger charge is -2.38. The fraction of sp³-hybridized carbons (Fsp3) is 0.323. The molecule has 0 unspecified atom stereocenters. The predicted molar refractivity (Wildman–Crippen MR) is 162 cm³/mol. The van der Waals surface area contributed by atoms with E-state index in [0.29, 0.717) is 35.7 Å². The van der Waals surface area contributed by atoms with Crippen LogP contribution in [0.5, 0.6) is 0 Å². The Morgan fingerprint density at radius 3 is 2.35 bits per heavy atom. The molecule has 43 heavy (non-hydrogen) atoms. The van der Waals surface area contributed by atoms with E-state index >= 15 is 0 Å². The van der Waals surface area contributed by atoms with E-state index in [-0.39, 0.29) is 41.3 Å². The summed E-state index contributed by atoms with van der Waals surface area (Å²) in [6.07, 6.45) is 6.63. The van der Waals surface area contributed by atoms with Gasteiger partial charge in [-0.05, 0) is 38.7 Å². The van der Waals surface area contributed by atoms with E-state index in [1.807, 2.05) is 67.7 Å². The number of nitrogens with one attached hydrogen (secondary N) is 1. The molecule has 0 radical (unpaired) electrons. The van der Waals surface area contributed by atoms with E-state index in [1.54, 1.807) is 15.6 Å². The number of nitrogen functional groups attached to an aromatic ring is 1. The third kappa shape index (κ3) is 4.49. The van der Waals surface area contributed by atoms with Gasteiger partial charge in [0.2, 0.25) is 11.8 Å². The lowest BCUT2D eigenvalue weighted by molar-refractivity contribution is 0.0556. The Kier molecular flexibility index (Phi) is 6.41. The molecule has 2 fully saturated rings. The van der Waals surface area contributed by atoms with Gasteiger partial charge in [-0.25, -0.2) is 10.1 Å². The van der Waals surface area contributed by atoms with Crippen molar-refractivity contribution in [2.75, 3.05) is 24.7 Å². The van der Waals surface area contributed by atoms with Gasteiger partial charge >= 0.3 is 0 Å². The Balaban J connectivity index is 1.23. The summed E-state index contributed by atoms with van der Waals surface area (Å²) in [5, 5.41) is 11.5. The monoisotopic (exact) mass is 576 g/mol. The average Bonchev–Trinajstić information content (AvgIpc) is 3.74. The largest absolute Gasteiger partial charge is 0.383 e. The molecule has 218 valence electrons. The highest BCUT2D eigenvalue weighted by atomic mass is 16.2. The number of aromatic nitrogens is 7. The zero-order valence-electron chi connectivity index (χ0n) is 24.2. The molecular formula is C31H32N10O2. The first-order valence-electron chi connectivity index (χ1n) is 14.4. The highest BCUT2D eigenvalue weighted by Crippen LogP contribution is 2.45. The first kappa shape index (κ1) is 26.7. The highest BCUT2D eigenvalue weighted by molar-refractivity contribution is 6.00. The number of H-pyrrole nitrogens is 1. The van der Waals surface area contributed by atoms with Gasteiger partial charge in [-0.2, -0.15) is 14.6 Å². The summed E-state index contributed by atoms with van der Waals surface area (Å²) in [6.45, 7) is 1.51. The van der Waals surface area contributed by atoms with Crippen LogP contribution in [0.2, 0.25) is 0 Å². The molecule has 12 nitrogen and oxygen atoms in total. The number of hydrogen-bond acceptors (Lipinski definition) is 9. The number of nitrogens with two attached hydrogens (primary N) is 1. The number of nitrogens with zero attached hydrogens (tertiary/aromatic N) is 8. The minimum absolute atomic E-state index is 0.00396. The van der Waals surface area contributed by atoms with Gasteiger partial charge in [-0.3, -0.25) is 14.6 Å². The molecular weight excluding hydrogens is 544 g/mol. The number of amides is 1. The molecule has 5 aromatic rings. The average molecular weight is 577 g/mol. The van der Waals surface area contributed by atoms with Crippen molar-refractivity contribution in [3.05, 3.63) is 71.9 Å². The third-order valence-corrected chi connectivity index (χ3v) is 8.65. The molecule has 4 aromatic heterocycles. The van der Waals surface area contributed by atoms with Crippen LogP contribution in [-0.2, 0) is 0 Å². The number of pyridine rings is 1. The summed E-state index contributed by atoms with van der Waals surface area (Å²) < 4.78 is 1.54. The first-order chi connectivity index (χ1) is 20.8. The Hall–Kier alpha value is -5.13. The maximum Gasteiger partial charge on any atom is 0.294 e. The minimum atomic E-state index is -0.172. The molecule has 0 spiro atoms. The van der Waals surface area contributed by atoms with Crippen molar-refractivity contribution >= 4 is 29.1 Å². The second kappa shape index (κ2) is 10.3. The third-order valence-electron chi connectivity index (χ3n) is 8.65. The van der Waals surface area contributed by atoms with E-state index in [0.717, 1.165) is 35.2 Å². The summed E-state index contributed by atoms with van der Waals surface area (Å²) in [5.74, 6) is 0.605. The lowest BCUT2D eigenvalue weighted by atomic mass is 9.85. The van der Waals surface area contributed by atoms with Crippen molar-refractivity contribution in [1.82, 2.24) is 39.7 Å². The number of benzene rings is 1. The van der Waals surface area contributed by atoms with Crippen LogP contribution in [0.15, 0.2) is 54.9 Å². The second-order valence-corrected chi connectivity index (χ2v) is 11.5. The Morgan fingerprint density at radius 1 is 0.977 bits per heavy atom. The number of anilines is 2. The zero-order valence-corrected chi connectivity index (χ0v) is 24.2. The number of hydrogen-bond donors (Lipinski definition) is 2. The maximum atomic E-state index is 13.5. The summed E-state index contributed by atoms with van der Waals surface area (Å²) in [5.41, 5.74) is 11.8. The van der Waals surface area contributed by atoms with Crippen LogP contribution in [0.1, 0.15) is 65.2 Å². The molecule has 2 saturated heterocycles. The number of fused-ring (bicyclic) bond motifs is 3. The van der Waals surface area contributed by atoms with Crippen molar-refractivity contribution in [3.63, 3.8) is 0 Å². The van der Waals surface area contributed by atoms with Crippen LogP contribution in [0, 0.1) is 0 Å². The molecule has 12 heteroatoms. The maximum absolute atomic E-state index is 13.5. The van der Waals surface area contributed by atoms with Gasteiger partial charge in [-0.1, -0.05) is 36.4 Å². The van der Waals surface area contributed by atoms with Gasteiger partial charge in [0, 0.05) is 55.0 Å². The van der Waals surface area contributed by atoms with E-state index in [9.17, 15) is 9.59 Å². The van der Waals surface area contributed by atoms with Crippen LogP contribution >= 0.6 is 0 Å². The van der Waals surface area contributed by atoms with Crippen LogP contribution in [0.3, 0.4) is 0 Å². The molecule has 2 aliphatic rings. The SMILES string of the molecule is CC(=O)c1c([C@H]2C[C@H]3CC[C@@H](C2)N3C(=O)c2n[nH]c(N(C)C)n2)nc2c(-c3ccc(-c4ccccc4)nc3)cnn2c1N. The van der Waals surface area contributed by atoms with Crippen molar-refractivity contribution in [1.29, 1.82) is 0 Å². The van der Waals surface area contributed by atoms with Crippen molar-refractivity contribution in [2.24, 2.45) is 0 Å². The van der Waals surface area contributed by atoms with Gasteiger partial charge in [0.05, 0.1) is 23.1 Å². The molecule has 3 N–H and O–H groups in total. The van der Waals surface area contributed by atoms with Crippen molar-refractivity contribution in [2.45, 2.75) is 50.6 Å². The molecule has 3 atom stereocenters. The fourth-order valence-electron chi connectivity index (χ4n) is 6.62. The number of aromatic amines is 1. The predicted octanol–water partition coefficient (Wildman–Crippen LogP) is 3.98. The minimum Gasteiger partial charge on any atom is -0.383 e. The summed E-state index contributed by atoms with van der Waals surface area (Å²) in [7, 11) is 3.68. The Bertz CT molecular complexity index is 1830. The van der Waals surface area contributed by atoms with E-state index in [2.05, 4.69) is 25.3 Å². The van der Waals surface area contributed by atoms with Crippen molar-refractivity contribution < 1.29 is 9.59 Å². The molecule has 2 bridgehead atoms. The van der Waals surface area contributed by atoms with Crippen LogP contribution < -0.4 is 10.6 Å². The lowest BCUT2D eigenvalue weighted by Crippen LogP contribution is -2.46. The van der Waals surface area contributed by atoms with Gasteiger partial charge < -0.3 is 15.5 Å². The molecule has 2 aliphatic heterocycles. The summed E-state index contributed by atoms with van der Waals surface area (Å²) in [4.78, 5) is 44.3. The van der Waals surface area contributed by atoms with Gasteiger partial charge in [0.25, 0.3) is 5.91 Å². The molecule has 0 saturated carbocycles. The van der Waals surface area contributed by atoms with E-state index in [1.165, 1.54) is 6.92 Å². The van der Waals surface area contributed by atoms with Crippen LogP contribution in [0.4, 0.5) is 11.8 Å². The summed E-state index contributed by atoms with van der Waals surface area (Å²) >= 11 is 0. The van der Waals surface area contributed by atoms with E-state index in [4.69, 9.17) is 10.7 Å². The molecule has 0 aliphatic carbocycles. The van der Waals surface area contributed by atoms with Crippen LogP contribution in [-0.4, -0.2) is 77.5 Å². The second-order valence-electron chi connectivity index (χ2n) is 11.5. The number of piperidine rings is 1. The number of ketones is 1. The number of carbonyl (C=O) groups is 2. The molecule has 1 aromatic carbocycles. The standard InChI is InChI=1S/C31H32N10O2/c1-17(42)25-26(20-13-21-10-11-22(14-20)40(21)30(43)28-36-31(38-37-28)39(2)3)35-29-23(16-34-41(29)27(25)32)19-9-12-24(33-15-19)18-7-5-4-6-8-18/h4-9,12,15-16,20-22H,10-11,13-14,32H2,1-3H3,(H,36,37,38)/t20-,21+,22-. The first-order valence-corrected chi connectivity index (χ1v) is 14.4. The van der Waals surface area contributed by atoms with Gasteiger partial charge in [0.1, 0.15) is 5.82 Å². The topological polar surface area (TPSA) is 151 Å². The van der Waals surface area contributed by atoms with Gasteiger partial charge in [0.15, 0.2) is 11.4 Å². The van der Waals surface area contributed by atoms with Gasteiger partial charge in [-0.15, -0.1) is 5.10 Å². The Morgan fingerprint density at radius 2 is 1.72 bits per heavy atom. The van der Waals surface area contributed by atoms with E-state index < -0.39 is 0 Å². The number of carbonyl (C=O) groups excluding carboxylic acids is 2. The Labute approximate surface area is 248 Å². The summed E-state index contributed by atoms with van der Waals surface area (Å²) in [6, 6.07) is 14.0. The van der Waals surface area contributed by atoms with Crippen LogP contribution in [0.25, 0.3) is 28.0 Å². The molecule has 6 heterocycles. The number of rotatable bonds is 6.